The van der Waals surface area contributed by atoms with Crippen LogP contribution in [0.3, 0.4) is 0 Å². The van der Waals surface area contributed by atoms with Gasteiger partial charge in [-0.3, -0.25) is 10.6 Å². The molecule has 0 spiro atoms. The number of hydrogen-bond donors (Lipinski definition) is 3. The van der Waals surface area contributed by atoms with E-state index >= 15 is 0 Å². The van der Waals surface area contributed by atoms with Crippen LogP contribution in [0.4, 0.5) is 18.9 Å². The van der Waals surface area contributed by atoms with E-state index in [-0.39, 0.29) is 5.69 Å². The van der Waals surface area contributed by atoms with E-state index in [4.69, 9.17) is 5.84 Å². The molecule has 0 bridgehead atoms. The third kappa shape index (κ3) is 4.58. The van der Waals surface area contributed by atoms with Gasteiger partial charge in [0, 0.05) is 6.04 Å². The highest BCUT2D eigenvalue weighted by atomic mass is 19.4. The first kappa shape index (κ1) is 14.2. The molecule has 0 aliphatic heterocycles. The van der Waals surface area contributed by atoms with Crippen LogP contribution >= 0.6 is 0 Å². The number of nitrogens with zero attached hydrogens (tertiary/aromatic N) is 1. The standard InChI is InChI=1S/C10H13F3N4O/c1-6(4-10(11,12)13)16-9(18)8-3-2-7(17-14)5-15-8/h2-3,5-6,17H,4,14H2,1H3,(H,16,18). The Kier molecular flexibility index (Phi) is 4.49. The normalized spacial score (nSPS) is 12.9. The minimum atomic E-state index is -4.31. The minimum absolute atomic E-state index is 0.0306. The van der Waals surface area contributed by atoms with Crippen molar-refractivity contribution < 1.29 is 18.0 Å². The Morgan fingerprint density at radius 1 is 1.50 bits per heavy atom. The van der Waals surface area contributed by atoms with Crippen molar-refractivity contribution in [1.82, 2.24) is 10.3 Å². The zero-order valence-corrected chi connectivity index (χ0v) is 9.58. The number of carbonyl (C=O) groups is 1. The number of amides is 1. The van der Waals surface area contributed by atoms with Gasteiger partial charge in [-0.15, -0.1) is 0 Å². The van der Waals surface area contributed by atoms with Crippen LogP contribution in [0.1, 0.15) is 23.8 Å². The topological polar surface area (TPSA) is 80.0 Å². The van der Waals surface area contributed by atoms with Crippen LogP contribution in [0.15, 0.2) is 18.3 Å². The molecule has 0 aliphatic rings. The van der Waals surface area contributed by atoms with Gasteiger partial charge in [-0.1, -0.05) is 0 Å². The molecule has 1 rings (SSSR count). The van der Waals surface area contributed by atoms with Crippen LogP contribution < -0.4 is 16.6 Å². The number of nitrogen functional groups attached to an aromatic ring is 1. The van der Waals surface area contributed by atoms with Gasteiger partial charge in [-0.05, 0) is 19.1 Å². The molecule has 5 nitrogen and oxygen atoms in total. The second kappa shape index (κ2) is 5.67. The highest BCUT2D eigenvalue weighted by molar-refractivity contribution is 5.92. The first-order chi connectivity index (χ1) is 8.31. The number of aromatic nitrogens is 1. The largest absolute Gasteiger partial charge is 0.391 e. The van der Waals surface area contributed by atoms with Crippen molar-refractivity contribution in [2.24, 2.45) is 5.84 Å². The predicted molar refractivity (Wildman–Crippen MR) is 59.6 cm³/mol. The van der Waals surface area contributed by atoms with Gasteiger partial charge in [0.15, 0.2) is 0 Å². The number of halogens is 3. The number of hydrazine groups is 1. The number of alkyl halides is 3. The van der Waals surface area contributed by atoms with Gasteiger partial charge >= 0.3 is 6.18 Å². The van der Waals surface area contributed by atoms with Crippen molar-refractivity contribution in [3.63, 3.8) is 0 Å². The number of nitrogens with one attached hydrogen (secondary N) is 2. The summed E-state index contributed by atoms with van der Waals surface area (Å²) in [5.41, 5.74) is 2.85. The van der Waals surface area contributed by atoms with Gasteiger partial charge in [-0.2, -0.15) is 13.2 Å². The van der Waals surface area contributed by atoms with Crippen LogP contribution in [0.5, 0.6) is 0 Å². The molecule has 0 saturated heterocycles. The molecule has 1 aromatic rings. The van der Waals surface area contributed by atoms with Crippen LogP contribution in [0, 0.1) is 0 Å². The average molecular weight is 262 g/mol. The van der Waals surface area contributed by atoms with E-state index in [0.29, 0.717) is 5.69 Å². The van der Waals surface area contributed by atoms with Crippen molar-refractivity contribution in [3.05, 3.63) is 24.0 Å². The summed E-state index contributed by atoms with van der Waals surface area (Å²) < 4.78 is 36.2. The molecule has 100 valence electrons. The van der Waals surface area contributed by atoms with Crippen molar-refractivity contribution in [3.8, 4) is 0 Å². The smallest absolute Gasteiger partial charge is 0.348 e. The Balaban J connectivity index is 2.59. The summed E-state index contributed by atoms with van der Waals surface area (Å²) >= 11 is 0. The Morgan fingerprint density at radius 2 is 2.17 bits per heavy atom. The Bertz CT molecular complexity index is 405. The molecule has 0 saturated carbocycles. The van der Waals surface area contributed by atoms with Gasteiger partial charge in [0.2, 0.25) is 0 Å². The fourth-order valence-electron chi connectivity index (χ4n) is 1.31. The molecule has 1 heterocycles. The maximum absolute atomic E-state index is 12.1. The lowest BCUT2D eigenvalue weighted by Crippen LogP contribution is -2.36. The van der Waals surface area contributed by atoms with Gasteiger partial charge in [0.25, 0.3) is 5.91 Å². The maximum atomic E-state index is 12.1. The second-order valence-corrected chi connectivity index (χ2v) is 3.77. The van der Waals surface area contributed by atoms with Gasteiger partial charge < -0.3 is 10.7 Å². The number of carbonyl (C=O) groups excluding carboxylic acids is 1. The van der Waals surface area contributed by atoms with Gasteiger partial charge in [0.05, 0.1) is 18.3 Å². The van der Waals surface area contributed by atoms with Crippen molar-refractivity contribution in [2.75, 3.05) is 5.43 Å². The summed E-state index contributed by atoms with van der Waals surface area (Å²) in [6.07, 6.45) is -4.09. The monoisotopic (exact) mass is 262 g/mol. The number of rotatable bonds is 4. The summed E-state index contributed by atoms with van der Waals surface area (Å²) in [6, 6.07) is 1.85. The molecule has 1 atom stereocenters. The molecule has 1 unspecified atom stereocenters. The molecule has 0 radical (unpaired) electrons. The Labute approximate surface area is 102 Å². The molecule has 1 aromatic heterocycles. The summed E-state index contributed by atoms with van der Waals surface area (Å²) in [4.78, 5) is 15.3. The zero-order chi connectivity index (χ0) is 13.8. The Hall–Kier alpha value is -1.83. The first-order valence-electron chi connectivity index (χ1n) is 5.12. The van der Waals surface area contributed by atoms with Crippen molar-refractivity contribution >= 4 is 11.6 Å². The van der Waals surface area contributed by atoms with Crippen molar-refractivity contribution in [2.45, 2.75) is 25.6 Å². The van der Waals surface area contributed by atoms with E-state index in [0.717, 1.165) is 0 Å². The van der Waals surface area contributed by atoms with E-state index in [1.54, 1.807) is 0 Å². The lowest BCUT2D eigenvalue weighted by atomic mass is 10.2. The molecule has 4 N–H and O–H groups in total. The predicted octanol–water partition coefficient (Wildman–Crippen LogP) is 1.44. The van der Waals surface area contributed by atoms with Crippen molar-refractivity contribution in [1.29, 1.82) is 0 Å². The van der Waals surface area contributed by atoms with Crippen LogP contribution in [0.2, 0.25) is 0 Å². The van der Waals surface area contributed by atoms with Crippen LogP contribution in [-0.4, -0.2) is 23.1 Å². The summed E-state index contributed by atoms with van der Waals surface area (Å²) in [5, 5.41) is 2.22. The molecule has 0 aromatic carbocycles. The molecule has 0 fully saturated rings. The van der Waals surface area contributed by atoms with E-state index in [1.165, 1.54) is 25.3 Å². The Morgan fingerprint density at radius 3 is 2.61 bits per heavy atom. The van der Waals surface area contributed by atoms with E-state index < -0.39 is 24.5 Å². The molecule has 8 heteroatoms. The molecular formula is C10H13F3N4O. The number of pyridine rings is 1. The van der Waals surface area contributed by atoms with E-state index in [2.05, 4.69) is 15.7 Å². The SMILES string of the molecule is CC(CC(F)(F)F)NC(=O)c1ccc(NN)cn1. The van der Waals surface area contributed by atoms with Gasteiger partial charge in [-0.25, -0.2) is 4.98 Å². The van der Waals surface area contributed by atoms with E-state index in [9.17, 15) is 18.0 Å². The molecular weight excluding hydrogens is 249 g/mol. The summed E-state index contributed by atoms with van der Waals surface area (Å²) in [5.74, 6) is 4.45. The number of anilines is 1. The number of hydrogen-bond acceptors (Lipinski definition) is 4. The molecule has 18 heavy (non-hydrogen) atoms. The van der Waals surface area contributed by atoms with Gasteiger partial charge in [0.1, 0.15) is 5.69 Å². The lowest BCUT2D eigenvalue weighted by molar-refractivity contribution is -0.138. The van der Waals surface area contributed by atoms with Crippen LogP contribution in [-0.2, 0) is 0 Å². The fraction of sp³-hybridized carbons (Fsp3) is 0.400. The average Bonchev–Trinajstić information content (AvgIpc) is 2.26. The fourth-order valence-corrected chi connectivity index (χ4v) is 1.31. The molecule has 0 aliphatic carbocycles. The first-order valence-corrected chi connectivity index (χ1v) is 5.12. The maximum Gasteiger partial charge on any atom is 0.391 e. The lowest BCUT2D eigenvalue weighted by Gasteiger charge is -2.15. The highest BCUT2D eigenvalue weighted by Crippen LogP contribution is 2.21. The quantitative estimate of drug-likeness (QED) is 0.566. The second-order valence-electron chi connectivity index (χ2n) is 3.77. The van der Waals surface area contributed by atoms with E-state index in [1.807, 2.05) is 0 Å². The third-order valence-corrected chi connectivity index (χ3v) is 2.08. The zero-order valence-electron chi connectivity index (χ0n) is 9.58. The minimum Gasteiger partial charge on any atom is -0.348 e. The molecule has 1 amide bonds. The third-order valence-electron chi connectivity index (χ3n) is 2.08. The number of nitrogens with two attached hydrogens (primary N) is 1. The van der Waals surface area contributed by atoms with Crippen LogP contribution in [0.25, 0.3) is 0 Å². The summed E-state index contributed by atoms with van der Waals surface area (Å²) in [6.45, 7) is 1.28. The highest BCUT2D eigenvalue weighted by Gasteiger charge is 2.30. The summed E-state index contributed by atoms with van der Waals surface area (Å²) in [7, 11) is 0.